The summed E-state index contributed by atoms with van der Waals surface area (Å²) in [5.41, 5.74) is 2.07. The smallest absolute Gasteiger partial charge is 0.407 e. The summed E-state index contributed by atoms with van der Waals surface area (Å²) < 4.78 is 26.7. The molecule has 0 spiro atoms. The third kappa shape index (κ3) is 8.91. The summed E-state index contributed by atoms with van der Waals surface area (Å²) in [6, 6.07) is 14.6. The molecule has 310 valence electrons. The molecule has 5 N–H and O–H groups in total. The molecule has 15 nitrogen and oxygen atoms in total. The van der Waals surface area contributed by atoms with Crippen LogP contribution in [0.25, 0.3) is 21.9 Å². The molecule has 5 atom stereocenters. The minimum Gasteiger partial charge on any atom is -0.456 e. The van der Waals surface area contributed by atoms with Crippen molar-refractivity contribution in [2.45, 2.75) is 76.2 Å². The van der Waals surface area contributed by atoms with E-state index in [2.05, 4.69) is 31.6 Å². The standard InChI is InChI=1S/C43H49FN8O7/c1-24(2)37(48-23-53)41(55)45-16-8-7-13-36-46-22-32(49-36)27-20-35-29(19-30(27)44)39(54)28-18-26(14-15-34(28)59-35)31-21-47-40(50-31)33-12-9-17-52(33)42(56)38(51-43(57)58-3)25-10-5-4-6-11-25/h4-6,10-11,14-15,18-20,23-24,31-33,37-38H,7-9,12-13,16-17,21-22H2,1-3H3,(H,45,55)(H,46,49)(H,47,50)(H,48,53)(H,51,57)/t31?,32?,33-,37-,38+/m0/s1. The minimum absolute atomic E-state index is 0.0370. The Labute approximate surface area is 340 Å². The number of hydrogen-bond acceptors (Lipinski definition) is 11. The molecule has 0 radical (unpaired) electrons. The van der Waals surface area contributed by atoms with Crippen LogP contribution in [0.5, 0.6) is 0 Å². The Kier molecular flexibility index (Phi) is 12.5. The highest BCUT2D eigenvalue weighted by Gasteiger charge is 2.39. The fraction of sp³-hybridized carbons (Fsp3) is 0.419. The number of carbonyl (C=O) groups excluding carboxylic acids is 4. The van der Waals surface area contributed by atoms with Crippen molar-refractivity contribution in [3.05, 3.63) is 93.4 Å². The molecule has 4 aromatic rings. The summed E-state index contributed by atoms with van der Waals surface area (Å²) in [7, 11) is 1.25. The van der Waals surface area contributed by atoms with E-state index < -0.39 is 30.0 Å². The molecule has 4 amide bonds. The van der Waals surface area contributed by atoms with E-state index in [1.54, 1.807) is 47.4 Å². The zero-order valence-electron chi connectivity index (χ0n) is 33.3. The number of amidine groups is 2. The zero-order chi connectivity index (χ0) is 41.6. The van der Waals surface area contributed by atoms with Gasteiger partial charge in [-0.3, -0.25) is 29.2 Å². The second kappa shape index (κ2) is 18.1. The number of alkyl carbamates (subject to hydrolysis) is 1. The van der Waals surface area contributed by atoms with E-state index in [0.29, 0.717) is 79.8 Å². The van der Waals surface area contributed by atoms with Crippen molar-refractivity contribution >= 4 is 57.9 Å². The predicted octanol–water partition coefficient (Wildman–Crippen LogP) is 4.32. The number of carbonyl (C=O) groups is 4. The molecule has 1 aromatic heterocycles. The molecule has 0 bridgehead atoms. The SMILES string of the molecule is COC(=O)N[C@@H](C(=O)N1CCC[C@H]1C1=NCC(c2ccc3oc4cc(C5CN=C(CCCCNC(=O)[C@@H](NC=O)C(C)C)N5)c(F)cc4c(=O)c3c2)N1)c1ccccc1. The van der Waals surface area contributed by atoms with Crippen LogP contribution in [-0.2, 0) is 19.1 Å². The van der Waals surface area contributed by atoms with E-state index in [9.17, 15) is 24.0 Å². The van der Waals surface area contributed by atoms with Gasteiger partial charge >= 0.3 is 6.09 Å². The number of halogens is 1. The van der Waals surface area contributed by atoms with Crippen LogP contribution in [0, 0.1) is 11.7 Å². The Morgan fingerprint density at radius 1 is 1.00 bits per heavy atom. The van der Waals surface area contributed by atoms with E-state index >= 15 is 4.39 Å². The highest BCUT2D eigenvalue weighted by Crippen LogP contribution is 2.31. The van der Waals surface area contributed by atoms with Gasteiger partial charge in [-0.2, -0.15) is 0 Å². The van der Waals surface area contributed by atoms with Crippen LogP contribution in [0.2, 0.25) is 0 Å². The van der Waals surface area contributed by atoms with Crippen LogP contribution < -0.4 is 32.0 Å². The van der Waals surface area contributed by atoms with Crippen LogP contribution in [0.15, 0.2) is 79.9 Å². The highest BCUT2D eigenvalue weighted by atomic mass is 19.1. The summed E-state index contributed by atoms with van der Waals surface area (Å²) in [4.78, 5) is 74.3. The lowest BCUT2D eigenvalue weighted by Gasteiger charge is -2.30. The summed E-state index contributed by atoms with van der Waals surface area (Å²) in [5.74, 6) is 0.335. The first-order chi connectivity index (χ1) is 28.6. The normalized spacial score (nSPS) is 19.7. The molecule has 4 heterocycles. The van der Waals surface area contributed by atoms with Crippen molar-refractivity contribution in [1.29, 1.82) is 0 Å². The maximum Gasteiger partial charge on any atom is 0.407 e. The molecule has 3 aromatic carbocycles. The Morgan fingerprint density at radius 3 is 2.54 bits per heavy atom. The van der Waals surface area contributed by atoms with Gasteiger partial charge < -0.3 is 40.6 Å². The first kappa shape index (κ1) is 40.9. The number of methoxy groups -OCH3 is 1. The Balaban J connectivity index is 0.984. The van der Waals surface area contributed by atoms with Crippen LogP contribution in [-0.4, -0.2) is 86.3 Å². The lowest BCUT2D eigenvalue weighted by Crippen LogP contribution is -2.49. The lowest BCUT2D eigenvalue weighted by atomic mass is 10.0. The molecule has 3 aliphatic rings. The first-order valence-corrected chi connectivity index (χ1v) is 20.0. The van der Waals surface area contributed by atoms with Gasteiger partial charge in [-0.15, -0.1) is 0 Å². The summed E-state index contributed by atoms with van der Waals surface area (Å²) in [6.45, 7) is 5.39. The third-order valence-electron chi connectivity index (χ3n) is 11.2. The van der Waals surface area contributed by atoms with Crippen molar-refractivity contribution in [2.24, 2.45) is 15.9 Å². The molecule has 3 aliphatic heterocycles. The summed E-state index contributed by atoms with van der Waals surface area (Å²) in [5, 5.41) is 15.3. The van der Waals surface area contributed by atoms with Gasteiger partial charge in [-0.25, -0.2) is 9.18 Å². The summed E-state index contributed by atoms with van der Waals surface area (Å²) in [6.07, 6.45) is 3.34. The van der Waals surface area contributed by atoms with Crippen molar-refractivity contribution in [3.8, 4) is 0 Å². The van der Waals surface area contributed by atoms with Gasteiger partial charge in [0.25, 0.3) is 5.91 Å². The number of ether oxygens (including phenoxy) is 1. The van der Waals surface area contributed by atoms with Gasteiger partial charge in [-0.05, 0) is 67.0 Å². The number of likely N-dealkylation sites (tertiary alicyclic amines) is 1. The number of nitrogens with zero attached hydrogens (tertiary/aromatic N) is 3. The molecular formula is C43H49FN8O7. The quantitative estimate of drug-likeness (QED) is 0.0661. The number of aliphatic imine (C=N–C) groups is 2. The first-order valence-electron chi connectivity index (χ1n) is 20.0. The second-order valence-corrected chi connectivity index (χ2v) is 15.4. The molecule has 1 fully saturated rings. The minimum atomic E-state index is -0.931. The number of hydrogen-bond donors (Lipinski definition) is 5. The van der Waals surface area contributed by atoms with Gasteiger partial charge in [0.15, 0.2) is 0 Å². The van der Waals surface area contributed by atoms with E-state index in [4.69, 9.17) is 14.1 Å². The molecular weight excluding hydrogens is 760 g/mol. The van der Waals surface area contributed by atoms with E-state index in [0.717, 1.165) is 24.2 Å². The molecule has 1 saturated heterocycles. The van der Waals surface area contributed by atoms with E-state index in [-0.39, 0.29) is 46.2 Å². The van der Waals surface area contributed by atoms with Gasteiger partial charge in [0.05, 0.1) is 54.9 Å². The van der Waals surface area contributed by atoms with E-state index in [1.807, 2.05) is 26.0 Å². The topological polar surface area (TPSA) is 196 Å². The predicted molar refractivity (Wildman–Crippen MR) is 220 cm³/mol. The van der Waals surface area contributed by atoms with E-state index in [1.165, 1.54) is 13.2 Å². The third-order valence-corrected chi connectivity index (χ3v) is 11.2. The Bertz CT molecular complexity index is 2350. The van der Waals surface area contributed by atoms with Gasteiger partial charge in [-0.1, -0.05) is 50.2 Å². The number of fused-ring (bicyclic) bond motifs is 2. The molecule has 0 aliphatic carbocycles. The fourth-order valence-electron chi connectivity index (χ4n) is 8.04. The second-order valence-electron chi connectivity index (χ2n) is 15.4. The number of nitrogens with one attached hydrogen (secondary N) is 5. The summed E-state index contributed by atoms with van der Waals surface area (Å²) >= 11 is 0. The number of amides is 4. The van der Waals surface area contributed by atoms with Crippen molar-refractivity contribution in [2.75, 3.05) is 33.3 Å². The molecule has 0 saturated carbocycles. The van der Waals surface area contributed by atoms with Crippen LogP contribution in [0.3, 0.4) is 0 Å². The van der Waals surface area contributed by atoms with Gasteiger partial charge in [0, 0.05) is 25.1 Å². The highest BCUT2D eigenvalue weighted by molar-refractivity contribution is 5.96. The average molecular weight is 809 g/mol. The number of unbranched alkanes of at least 4 members (excludes halogenated alkanes) is 1. The lowest BCUT2D eigenvalue weighted by molar-refractivity contribution is -0.133. The van der Waals surface area contributed by atoms with Crippen LogP contribution in [0.4, 0.5) is 9.18 Å². The van der Waals surface area contributed by atoms with Crippen molar-refractivity contribution < 1.29 is 32.7 Å². The van der Waals surface area contributed by atoms with Crippen molar-refractivity contribution in [1.82, 2.24) is 31.5 Å². The molecule has 16 heteroatoms. The molecule has 7 rings (SSSR count). The molecule has 2 unspecified atom stereocenters. The largest absolute Gasteiger partial charge is 0.456 e. The maximum atomic E-state index is 15.7. The van der Waals surface area contributed by atoms with Crippen molar-refractivity contribution in [3.63, 3.8) is 0 Å². The average Bonchev–Trinajstić information content (AvgIpc) is 4.04. The van der Waals surface area contributed by atoms with Crippen LogP contribution >= 0.6 is 0 Å². The monoisotopic (exact) mass is 808 g/mol. The maximum absolute atomic E-state index is 15.7. The van der Waals surface area contributed by atoms with Gasteiger partial charge in [0.1, 0.15) is 34.9 Å². The Morgan fingerprint density at radius 2 is 1.78 bits per heavy atom. The fourth-order valence-corrected chi connectivity index (χ4v) is 8.04. The Hall–Kier alpha value is -6.32. The van der Waals surface area contributed by atoms with Crippen LogP contribution in [0.1, 0.15) is 80.8 Å². The van der Waals surface area contributed by atoms with Gasteiger partial charge in [0.2, 0.25) is 17.7 Å². The zero-order valence-corrected chi connectivity index (χ0v) is 33.3. The number of benzene rings is 3. The number of rotatable bonds is 15. The molecule has 59 heavy (non-hydrogen) atoms.